The number of aryl methyl sites for hydroxylation is 1. The molecular formula is C21H24N4O3. The lowest BCUT2D eigenvalue weighted by Crippen LogP contribution is -2.45. The van der Waals surface area contributed by atoms with Gasteiger partial charge in [-0.2, -0.15) is 0 Å². The van der Waals surface area contributed by atoms with Gasteiger partial charge in [0.2, 0.25) is 5.56 Å². The maximum atomic E-state index is 12.5. The van der Waals surface area contributed by atoms with E-state index in [9.17, 15) is 9.59 Å². The van der Waals surface area contributed by atoms with E-state index < -0.39 is 0 Å². The Morgan fingerprint density at radius 1 is 1.21 bits per heavy atom. The Hall–Kier alpha value is -3.09. The summed E-state index contributed by atoms with van der Waals surface area (Å²) < 4.78 is 7.54. The highest BCUT2D eigenvalue weighted by Crippen LogP contribution is 2.28. The number of carbonyl (C=O) groups is 1. The van der Waals surface area contributed by atoms with Crippen LogP contribution < -0.4 is 10.9 Å². The van der Waals surface area contributed by atoms with Crippen LogP contribution in [0.25, 0.3) is 11.1 Å². The molecule has 7 heteroatoms. The van der Waals surface area contributed by atoms with Crippen molar-refractivity contribution in [2.45, 2.75) is 31.7 Å². The van der Waals surface area contributed by atoms with Crippen molar-refractivity contribution in [2.24, 2.45) is 0 Å². The summed E-state index contributed by atoms with van der Waals surface area (Å²) in [4.78, 5) is 30.6. The number of carbonyl (C=O) groups excluding carboxylic acids is 1. The van der Waals surface area contributed by atoms with Crippen molar-refractivity contribution in [1.82, 2.24) is 19.8 Å². The first-order valence-corrected chi connectivity index (χ1v) is 9.74. The molecule has 28 heavy (non-hydrogen) atoms. The number of hydrogen-bond acceptors (Lipinski definition) is 4. The summed E-state index contributed by atoms with van der Waals surface area (Å²) in [5.74, 6) is 0.831. The van der Waals surface area contributed by atoms with Crippen LogP contribution in [0.15, 0.2) is 57.9 Å². The molecule has 0 spiro atoms. The number of fused-ring (bicyclic) bond motifs is 1. The summed E-state index contributed by atoms with van der Waals surface area (Å²) in [6.07, 6.45) is 4.36. The molecule has 0 aliphatic carbocycles. The fourth-order valence-electron chi connectivity index (χ4n) is 3.63. The quantitative estimate of drug-likeness (QED) is 0.690. The summed E-state index contributed by atoms with van der Waals surface area (Å²) >= 11 is 0. The SMILES string of the molecule is O=C(NCCCn1ccccc1=O)N1CCCC(c2nc3ccccc3o2)C1. The molecule has 3 aromatic rings. The number of likely N-dealkylation sites (tertiary alicyclic amines) is 1. The van der Waals surface area contributed by atoms with E-state index in [1.165, 1.54) is 0 Å². The highest BCUT2D eigenvalue weighted by molar-refractivity contribution is 5.74. The molecule has 0 radical (unpaired) electrons. The molecule has 1 atom stereocenters. The zero-order chi connectivity index (χ0) is 19.3. The van der Waals surface area contributed by atoms with Gasteiger partial charge in [0.05, 0.1) is 5.92 Å². The predicted molar refractivity (Wildman–Crippen MR) is 106 cm³/mol. The third-order valence-corrected chi connectivity index (χ3v) is 5.12. The molecule has 1 N–H and O–H groups in total. The normalized spacial score (nSPS) is 17.0. The summed E-state index contributed by atoms with van der Waals surface area (Å²) in [7, 11) is 0. The van der Waals surface area contributed by atoms with Gasteiger partial charge in [-0.15, -0.1) is 0 Å². The van der Waals surface area contributed by atoms with Gasteiger partial charge in [0.25, 0.3) is 0 Å². The minimum atomic E-state index is -0.0683. The first-order chi connectivity index (χ1) is 13.7. The molecule has 146 valence electrons. The molecule has 3 heterocycles. The van der Waals surface area contributed by atoms with Gasteiger partial charge in [-0.25, -0.2) is 9.78 Å². The van der Waals surface area contributed by atoms with Crippen LogP contribution in [0.1, 0.15) is 31.1 Å². The Morgan fingerprint density at radius 2 is 2.07 bits per heavy atom. The average Bonchev–Trinajstić information content (AvgIpc) is 3.17. The molecule has 1 fully saturated rings. The van der Waals surface area contributed by atoms with E-state index in [1.807, 2.05) is 35.2 Å². The van der Waals surface area contributed by atoms with Crippen LogP contribution in [0, 0.1) is 0 Å². The van der Waals surface area contributed by atoms with Crippen LogP contribution in [-0.4, -0.2) is 40.1 Å². The topological polar surface area (TPSA) is 80.4 Å². The number of rotatable bonds is 5. The summed E-state index contributed by atoms with van der Waals surface area (Å²) in [5, 5.41) is 2.96. The number of nitrogens with one attached hydrogen (secondary N) is 1. The number of oxazole rings is 1. The smallest absolute Gasteiger partial charge is 0.317 e. The Morgan fingerprint density at radius 3 is 2.93 bits per heavy atom. The minimum absolute atomic E-state index is 0.0222. The summed E-state index contributed by atoms with van der Waals surface area (Å²) in [6, 6.07) is 12.8. The van der Waals surface area contributed by atoms with Gasteiger partial charge in [0.1, 0.15) is 5.52 Å². The molecule has 1 saturated heterocycles. The Kier molecular flexibility index (Phi) is 5.41. The number of amides is 2. The summed E-state index contributed by atoms with van der Waals surface area (Å²) in [6.45, 7) is 2.47. The van der Waals surface area contributed by atoms with Crippen LogP contribution >= 0.6 is 0 Å². The largest absolute Gasteiger partial charge is 0.440 e. The molecule has 1 aliphatic rings. The Bertz CT molecular complexity index is 977. The maximum Gasteiger partial charge on any atom is 0.317 e. The van der Waals surface area contributed by atoms with E-state index in [1.54, 1.807) is 22.9 Å². The standard InChI is InChI=1S/C21H24N4O3/c26-19-10-3-4-12-24(19)14-6-11-22-21(27)25-13-5-7-16(15-25)20-23-17-8-1-2-9-18(17)28-20/h1-4,8-10,12,16H,5-7,11,13-15H2,(H,22,27). The molecule has 7 nitrogen and oxygen atoms in total. The molecule has 4 rings (SSSR count). The Balaban J connectivity index is 1.29. The third-order valence-electron chi connectivity index (χ3n) is 5.12. The highest BCUT2D eigenvalue weighted by Gasteiger charge is 2.27. The highest BCUT2D eigenvalue weighted by atomic mass is 16.3. The van der Waals surface area contributed by atoms with Crippen LogP contribution in [0.4, 0.5) is 4.79 Å². The van der Waals surface area contributed by atoms with Crippen molar-refractivity contribution in [3.05, 3.63) is 64.9 Å². The van der Waals surface area contributed by atoms with Crippen LogP contribution in [0.3, 0.4) is 0 Å². The van der Waals surface area contributed by atoms with E-state index in [4.69, 9.17) is 4.42 Å². The van der Waals surface area contributed by atoms with Gasteiger partial charge in [0, 0.05) is 38.4 Å². The molecule has 1 aromatic carbocycles. The van der Waals surface area contributed by atoms with E-state index in [2.05, 4.69) is 10.3 Å². The number of para-hydroxylation sites is 2. The van der Waals surface area contributed by atoms with Crippen molar-refractivity contribution in [3.8, 4) is 0 Å². The number of piperidine rings is 1. The number of nitrogens with zero attached hydrogens (tertiary/aromatic N) is 3. The lowest BCUT2D eigenvalue weighted by molar-refractivity contribution is 0.174. The number of hydrogen-bond donors (Lipinski definition) is 1. The third kappa shape index (κ3) is 4.08. The monoisotopic (exact) mass is 380 g/mol. The second-order valence-corrected chi connectivity index (χ2v) is 7.12. The van der Waals surface area contributed by atoms with Crippen molar-refractivity contribution in [3.63, 3.8) is 0 Å². The molecule has 2 amide bonds. The van der Waals surface area contributed by atoms with Gasteiger partial charge in [-0.3, -0.25) is 4.79 Å². The molecular weight excluding hydrogens is 356 g/mol. The fourth-order valence-corrected chi connectivity index (χ4v) is 3.63. The minimum Gasteiger partial charge on any atom is -0.440 e. The number of urea groups is 1. The number of benzene rings is 1. The van der Waals surface area contributed by atoms with Gasteiger partial charge >= 0.3 is 6.03 Å². The fraction of sp³-hybridized carbons (Fsp3) is 0.381. The molecule has 2 aromatic heterocycles. The zero-order valence-corrected chi connectivity index (χ0v) is 15.7. The predicted octanol–water partition coefficient (Wildman–Crippen LogP) is 2.97. The van der Waals surface area contributed by atoms with Crippen molar-refractivity contribution in [1.29, 1.82) is 0 Å². The second kappa shape index (κ2) is 8.29. The van der Waals surface area contributed by atoms with Gasteiger partial charge in [0.15, 0.2) is 11.5 Å². The van der Waals surface area contributed by atoms with Crippen LogP contribution in [-0.2, 0) is 6.54 Å². The maximum absolute atomic E-state index is 12.5. The number of aromatic nitrogens is 2. The average molecular weight is 380 g/mol. The lowest BCUT2D eigenvalue weighted by Gasteiger charge is -2.31. The van der Waals surface area contributed by atoms with Crippen molar-refractivity contribution < 1.29 is 9.21 Å². The number of pyridine rings is 1. The van der Waals surface area contributed by atoms with Crippen LogP contribution in [0.2, 0.25) is 0 Å². The van der Waals surface area contributed by atoms with Crippen LogP contribution in [0.5, 0.6) is 0 Å². The van der Waals surface area contributed by atoms with Crippen molar-refractivity contribution >= 4 is 17.1 Å². The molecule has 0 bridgehead atoms. The van der Waals surface area contributed by atoms with Gasteiger partial charge in [-0.05, 0) is 37.5 Å². The first kappa shape index (κ1) is 18.3. The van der Waals surface area contributed by atoms with E-state index in [0.717, 1.165) is 30.5 Å². The first-order valence-electron chi connectivity index (χ1n) is 9.74. The second-order valence-electron chi connectivity index (χ2n) is 7.12. The zero-order valence-electron chi connectivity index (χ0n) is 15.7. The van der Waals surface area contributed by atoms with Gasteiger partial charge in [-0.1, -0.05) is 18.2 Å². The summed E-state index contributed by atoms with van der Waals surface area (Å²) in [5.41, 5.74) is 1.62. The lowest BCUT2D eigenvalue weighted by atomic mass is 9.98. The Labute approximate surface area is 163 Å². The van der Waals surface area contributed by atoms with Gasteiger partial charge < -0.3 is 19.2 Å². The van der Waals surface area contributed by atoms with E-state index in [0.29, 0.717) is 31.9 Å². The molecule has 1 unspecified atom stereocenters. The van der Waals surface area contributed by atoms with E-state index in [-0.39, 0.29) is 17.5 Å². The molecule has 1 aliphatic heterocycles. The van der Waals surface area contributed by atoms with E-state index >= 15 is 0 Å². The molecule has 0 saturated carbocycles. The van der Waals surface area contributed by atoms with Crippen molar-refractivity contribution in [2.75, 3.05) is 19.6 Å².